The summed E-state index contributed by atoms with van der Waals surface area (Å²) in [6.45, 7) is 0. The van der Waals surface area contributed by atoms with E-state index in [9.17, 15) is 9.59 Å². The Morgan fingerprint density at radius 2 is 2.05 bits per heavy atom. The molecule has 0 saturated carbocycles. The molecule has 1 aliphatic heterocycles. The minimum absolute atomic E-state index is 0.169. The monoisotopic (exact) mass is 268 g/mol. The van der Waals surface area contributed by atoms with Crippen LogP contribution in [0.5, 0.6) is 5.75 Å². The van der Waals surface area contributed by atoms with Crippen LogP contribution >= 0.6 is 0 Å². The predicted octanol–water partition coefficient (Wildman–Crippen LogP) is 2.27. The Kier molecular flexibility index (Phi) is 2.99. The van der Waals surface area contributed by atoms with Crippen molar-refractivity contribution in [3.05, 3.63) is 59.6 Å². The first kappa shape index (κ1) is 12.4. The van der Waals surface area contributed by atoms with Crippen molar-refractivity contribution in [3.63, 3.8) is 0 Å². The van der Waals surface area contributed by atoms with Crippen molar-refractivity contribution < 1.29 is 19.1 Å². The van der Waals surface area contributed by atoms with E-state index in [1.165, 1.54) is 6.08 Å². The zero-order valence-corrected chi connectivity index (χ0v) is 10.8. The van der Waals surface area contributed by atoms with E-state index in [1.54, 1.807) is 31.4 Å². The van der Waals surface area contributed by atoms with Gasteiger partial charge in [0.2, 0.25) is 5.78 Å². The molecule has 1 fully saturated rings. The number of carbonyl (C=O) groups is 2. The molecule has 3 rings (SSSR count). The molecule has 0 N–H and O–H groups in total. The molecule has 4 nitrogen and oxygen atoms in total. The van der Waals surface area contributed by atoms with Crippen LogP contribution in [0.25, 0.3) is 6.08 Å². The maximum atomic E-state index is 12.2. The van der Waals surface area contributed by atoms with Crippen molar-refractivity contribution in [2.45, 2.75) is 0 Å². The van der Waals surface area contributed by atoms with Gasteiger partial charge in [-0.15, -0.1) is 0 Å². The molecule has 20 heavy (non-hydrogen) atoms. The van der Waals surface area contributed by atoms with Crippen LogP contribution in [0.2, 0.25) is 0 Å². The average molecular weight is 268 g/mol. The van der Waals surface area contributed by atoms with Gasteiger partial charge in [0.15, 0.2) is 11.5 Å². The summed E-state index contributed by atoms with van der Waals surface area (Å²) in [4.78, 5) is 24.0. The largest absolute Gasteiger partial charge is 0.496 e. The van der Waals surface area contributed by atoms with E-state index in [0.717, 1.165) is 5.56 Å². The summed E-state index contributed by atoms with van der Waals surface area (Å²) in [7, 11) is 1.56. The average Bonchev–Trinajstić information content (AvgIpc) is 2.77. The van der Waals surface area contributed by atoms with E-state index in [4.69, 9.17) is 9.47 Å². The summed E-state index contributed by atoms with van der Waals surface area (Å²) in [6.07, 6.45) is 6.23. The van der Waals surface area contributed by atoms with Crippen LogP contribution in [-0.4, -0.2) is 18.7 Å². The summed E-state index contributed by atoms with van der Waals surface area (Å²) < 4.78 is 10.7. The Hall–Kier alpha value is -2.62. The summed E-state index contributed by atoms with van der Waals surface area (Å²) in [5.41, 5.74) is 0.734. The zero-order chi connectivity index (χ0) is 14.1. The van der Waals surface area contributed by atoms with Crippen molar-refractivity contribution >= 4 is 17.6 Å². The second kappa shape index (κ2) is 4.81. The molecule has 0 spiro atoms. The Morgan fingerprint density at radius 1 is 1.25 bits per heavy atom. The van der Waals surface area contributed by atoms with Gasteiger partial charge in [0.1, 0.15) is 17.4 Å². The number of methoxy groups -OCH3 is 1. The lowest BCUT2D eigenvalue weighted by Crippen LogP contribution is -2.20. The normalized spacial score (nSPS) is 22.6. The van der Waals surface area contributed by atoms with Crippen LogP contribution in [0.3, 0.4) is 0 Å². The number of hydrogen-bond donors (Lipinski definition) is 0. The van der Waals surface area contributed by atoms with Gasteiger partial charge in [-0.25, -0.2) is 0 Å². The number of allylic oxidation sites excluding steroid dienone is 5. The molecule has 1 aliphatic carbocycles. The van der Waals surface area contributed by atoms with E-state index >= 15 is 0 Å². The molecular formula is C16H12O4. The molecule has 100 valence electrons. The molecule has 1 aromatic carbocycles. The lowest BCUT2D eigenvalue weighted by atomic mass is 9.94. The molecule has 4 heteroatoms. The van der Waals surface area contributed by atoms with Crippen molar-refractivity contribution in [2.24, 2.45) is 5.92 Å². The lowest BCUT2D eigenvalue weighted by Gasteiger charge is -2.06. The first-order valence-electron chi connectivity index (χ1n) is 6.19. The van der Waals surface area contributed by atoms with Gasteiger partial charge in [-0.3, -0.25) is 9.59 Å². The maximum Gasteiger partial charge on any atom is 0.216 e. The summed E-state index contributed by atoms with van der Waals surface area (Å²) in [6, 6.07) is 7.30. The molecular weight excluding hydrogens is 256 g/mol. The number of ether oxygens (including phenoxy) is 2. The Bertz CT molecular complexity index is 679. The number of para-hydroxylation sites is 1. The standard InChI is InChI=1S/C16H12O4/c1-19-12-7-3-2-5-10(12)9-14-16(18)15-11(17)6-4-8-13(15)20-14/h2-9,15H,1H3/b14-9-. The van der Waals surface area contributed by atoms with E-state index < -0.39 is 5.92 Å². The number of rotatable bonds is 2. The fourth-order valence-corrected chi connectivity index (χ4v) is 2.27. The molecule has 0 amide bonds. The van der Waals surface area contributed by atoms with Crippen LogP contribution in [-0.2, 0) is 14.3 Å². The van der Waals surface area contributed by atoms with Gasteiger partial charge in [-0.1, -0.05) is 24.3 Å². The number of Topliss-reactive ketones (excluding diaryl/α,β-unsaturated/α-hetero) is 1. The molecule has 1 aromatic rings. The smallest absolute Gasteiger partial charge is 0.216 e. The van der Waals surface area contributed by atoms with Crippen LogP contribution < -0.4 is 4.74 Å². The van der Waals surface area contributed by atoms with Crippen molar-refractivity contribution in [1.82, 2.24) is 0 Å². The fraction of sp³-hybridized carbons (Fsp3) is 0.125. The highest BCUT2D eigenvalue weighted by molar-refractivity contribution is 6.18. The summed E-state index contributed by atoms with van der Waals surface area (Å²) in [5.74, 6) is -0.162. The number of hydrogen-bond acceptors (Lipinski definition) is 4. The second-order valence-electron chi connectivity index (χ2n) is 4.48. The van der Waals surface area contributed by atoms with Gasteiger partial charge in [0.25, 0.3) is 0 Å². The molecule has 0 bridgehead atoms. The van der Waals surface area contributed by atoms with Gasteiger partial charge < -0.3 is 9.47 Å². The van der Waals surface area contributed by atoms with Crippen molar-refractivity contribution in [3.8, 4) is 5.75 Å². The summed E-state index contributed by atoms with van der Waals surface area (Å²) in [5, 5.41) is 0. The molecule has 1 heterocycles. The highest BCUT2D eigenvalue weighted by Crippen LogP contribution is 2.34. The van der Waals surface area contributed by atoms with Crippen molar-refractivity contribution in [1.29, 1.82) is 0 Å². The van der Waals surface area contributed by atoms with Crippen molar-refractivity contribution in [2.75, 3.05) is 7.11 Å². The quantitative estimate of drug-likeness (QED) is 0.610. The third-order valence-corrected chi connectivity index (χ3v) is 3.25. The van der Waals surface area contributed by atoms with Crippen LogP contribution in [0.15, 0.2) is 54.0 Å². The number of fused-ring (bicyclic) bond motifs is 1. The van der Waals surface area contributed by atoms with Gasteiger partial charge in [-0.05, 0) is 24.3 Å². The van der Waals surface area contributed by atoms with E-state index in [2.05, 4.69) is 0 Å². The minimum atomic E-state index is -0.819. The molecule has 1 atom stereocenters. The maximum absolute atomic E-state index is 12.2. The van der Waals surface area contributed by atoms with E-state index in [1.807, 2.05) is 18.2 Å². The first-order valence-corrected chi connectivity index (χ1v) is 6.19. The highest BCUT2D eigenvalue weighted by Gasteiger charge is 2.41. The first-order chi connectivity index (χ1) is 9.70. The second-order valence-corrected chi connectivity index (χ2v) is 4.48. The number of ketones is 2. The third-order valence-electron chi connectivity index (χ3n) is 3.25. The Labute approximate surface area is 116 Å². The lowest BCUT2D eigenvalue weighted by molar-refractivity contribution is -0.125. The van der Waals surface area contributed by atoms with Gasteiger partial charge in [0.05, 0.1) is 7.11 Å². The van der Waals surface area contributed by atoms with Crippen LogP contribution in [0.1, 0.15) is 5.56 Å². The van der Waals surface area contributed by atoms with Gasteiger partial charge in [-0.2, -0.15) is 0 Å². The number of benzene rings is 1. The third kappa shape index (κ3) is 1.95. The Morgan fingerprint density at radius 3 is 2.80 bits per heavy atom. The SMILES string of the molecule is COc1ccccc1/C=C1\OC2=CC=CC(=O)C2C1=O. The fourth-order valence-electron chi connectivity index (χ4n) is 2.27. The van der Waals surface area contributed by atoms with Gasteiger partial charge >= 0.3 is 0 Å². The predicted molar refractivity (Wildman–Crippen MR) is 72.8 cm³/mol. The van der Waals surface area contributed by atoms with E-state index in [-0.39, 0.29) is 17.3 Å². The molecule has 0 aromatic heterocycles. The van der Waals surface area contributed by atoms with E-state index in [0.29, 0.717) is 11.5 Å². The van der Waals surface area contributed by atoms with Crippen LogP contribution in [0, 0.1) is 5.92 Å². The minimum Gasteiger partial charge on any atom is -0.496 e. The molecule has 1 unspecified atom stereocenters. The molecule has 0 radical (unpaired) electrons. The summed E-state index contributed by atoms with van der Waals surface area (Å²) >= 11 is 0. The molecule has 2 aliphatic rings. The van der Waals surface area contributed by atoms with Gasteiger partial charge in [0, 0.05) is 5.56 Å². The topological polar surface area (TPSA) is 52.6 Å². The molecule has 1 saturated heterocycles. The number of carbonyl (C=O) groups excluding carboxylic acids is 2. The highest BCUT2D eigenvalue weighted by atomic mass is 16.5. The zero-order valence-electron chi connectivity index (χ0n) is 10.8. The van der Waals surface area contributed by atoms with Crippen LogP contribution in [0.4, 0.5) is 0 Å². The Balaban J connectivity index is 1.98.